The number of rotatable bonds is 7. The maximum absolute atomic E-state index is 13.4. The van der Waals surface area contributed by atoms with Gasteiger partial charge in [0.15, 0.2) is 23.0 Å². The zero-order valence-corrected chi connectivity index (χ0v) is 19.4. The van der Waals surface area contributed by atoms with Crippen LogP contribution in [-0.2, 0) is 4.79 Å². The van der Waals surface area contributed by atoms with E-state index in [2.05, 4.69) is 5.32 Å². The number of carbonyl (C=O) groups is 2. The summed E-state index contributed by atoms with van der Waals surface area (Å²) >= 11 is 0. The van der Waals surface area contributed by atoms with Gasteiger partial charge in [-0.3, -0.25) is 9.59 Å². The smallest absolute Gasteiger partial charge is 0.254 e. The fourth-order valence-corrected chi connectivity index (χ4v) is 4.40. The van der Waals surface area contributed by atoms with Gasteiger partial charge in [0.2, 0.25) is 12.7 Å². The number of amides is 2. The average molecular weight is 455 g/mol. The van der Waals surface area contributed by atoms with Gasteiger partial charge in [-0.05, 0) is 30.2 Å². The van der Waals surface area contributed by atoms with E-state index in [1.165, 1.54) is 0 Å². The molecule has 33 heavy (non-hydrogen) atoms. The SMILES string of the molecule is COc1cccc([C@H]2CN(C(=O)c3ccc4c(c3)OCO4)C[C@H]2C(=O)NCC(C)C)c1OC. The average Bonchev–Trinajstić information content (AvgIpc) is 3.48. The van der Waals surface area contributed by atoms with Crippen molar-refractivity contribution in [2.75, 3.05) is 40.6 Å². The molecule has 4 rings (SSSR count). The second-order valence-corrected chi connectivity index (χ2v) is 8.71. The molecule has 2 aromatic rings. The molecule has 2 aliphatic heterocycles. The largest absolute Gasteiger partial charge is 0.493 e. The highest BCUT2D eigenvalue weighted by molar-refractivity contribution is 5.96. The van der Waals surface area contributed by atoms with Gasteiger partial charge < -0.3 is 29.2 Å². The molecular weight excluding hydrogens is 424 g/mol. The van der Waals surface area contributed by atoms with Crippen LogP contribution in [0.15, 0.2) is 36.4 Å². The fraction of sp³-hybridized carbons (Fsp3) is 0.440. The Morgan fingerprint density at radius 1 is 1.09 bits per heavy atom. The van der Waals surface area contributed by atoms with E-state index in [1.54, 1.807) is 37.3 Å². The van der Waals surface area contributed by atoms with Crippen molar-refractivity contribution in [2.45, 2.75) is 19.8 Å². The van der Waals surface area contributed by atoms with Crippen molar-refractivity contribution in [3.8, 4) is 23.0 Å². The number of ether oxygens (including phenoxy) is 4. The zero-order chi connectivity index (χ0) is 23.5. The summed E-state index contributed by atoms with van der Waals surface area (Å²) in [5.41, 5.74) is 1.35. The highest BCUT2D eigenvalue weighted by atomic mass is 16.7. The Kier molecular flexibility index (Phi) is 6.62. The molecule has 2 amide bonds. The fourth-order valence-electron chi connectivity index (χ4n) is 4.40. The van der Waals surface area contributed by atoms with Gasteiger partial charge in [0.25, 0.3) is 5.91 Å². The first-order chi connectivity index (χ1) is 15.9. The lowest BCUT2D eigenvalue weighted by atomic mass is 9.87. The Morgan fingerprint density at radius 3 is 2.61 bits per heavy atom. The molecule has 0 aliphatic carbocycles. The van der Waals surface area contributed by atoms with E-state index in [9.17, 15) is 9.59 Å². The van der Waals surface area contributed by atoms with E-state index in [0.717, 1.165) is 5.56 Å². The number of nitrogens with one attached hydrogen (secondary N) is 1. The third-order valence-electron chi connectivity index (χ3n) is 6.08. The first-order valence-corrected chi connectivity index (χ1v) is 11.1. The van der Waals surface area contributed by atoms with Crippen LogP contribution in [0, 0.1) is 11.8 Å². The van der Waals surface area contributed by atoms with E-state index in [1.807, 2.05) is 32.0 Å². The van der Waals surface area contributed by atoms with Crippen molar-refractivity contribution in [1.82, 2.24) is 10.2 Å². The summed E-state index contributed by atoms with van der Waals surface area (Å²) < 4.78 is 21.9. The summed E-state index contributed by atoms with van der Waals surface area (Å²) in [6.45, 7) is 5.51. The molecule has 2 aliphatic rings. The van der Waals surface area contributed by atoms with E-state index < -0.39 is 5.92 Å². The number of carbonyl (C=O) groups excluding carboxylic acids is 2. The van der Waals surface area contributed by atoms with E-state index in [4.69, 9.17) is 18.9 Å². The molecule has 176 valence electrons. The molecule has 8 nitrogen and oxygen atoms in total. The second kappa shape index (κ2) is 9.60. The van der Waals surface area contributed by atoms with Gasteiger partial charge in [-0.15, -0.1) is 0 Å². The van der Waals surface area contributed by atoms with Gasteiger partial charge >= 0.3 is 0 Å². The van der Waals surface area contributed by atoms with Crippen LogP contribution >= 0.6 is 0 Å². The molecule has 1 fully saturated rings. The van der Waals surface area contributed by atoms with Crippen LogP contribution in [0.4, 0.5) is 0 Å². The first kappa shape index (κ1) is 22.8. The van der Waals surface area contributed by atoms with Crippen molar-refractivity contribution in [3.63, 3.8) is 0 Å². The van der Waals surface area contributed by atoms with Crippen LogP contribution in [0.5, 0.6) is 23.0 Å². The van der Waals surface area contributed by atoms with Gasteiger partial charge in [0.1, 0.15) is 0 Å². The van der Waals surface area contributed by atoms with Gasteiger partial charge in [0, 0.05) is 36.7 Å². The zero-order valence-electron chi connectivity index (χ0n) is 19.4. The van der Waals surface area contributed by atoms with Gasteiger partial charge in [-0.2, -0.15) is 0 Å². The normalized spacial score (nSPS) is 19.0. The number of para-hydroxylation sites is 1. The minimum absolute atomic E-state index is 0.0699. The Bertz CT molecular complexity index is 1040. The lowest BCUT2D eigenvalue weighted by Crippen LogP contribution is -2.37. The van der Waals surface area contributed by atoms with Crippen LogP contribution in [-0.4, -0.2) is 57.4 Å². The van der Waals surface area contributed by atoms with E-state index >= 15 is 0 Å². The number of hydrogen-bond donors (Lipinski definition) is 1. The molecule has 2 atom stereocenters. The van der Waals surface area contributed by atoms with Crippen LogP contribution < -0.4 is 24.3 Å². The number of methoxy groups -OCH3 is 2. The minimum Gasteiger partial charge on any atom is -0.493 e. The van der Waals surface area contributed by atoms with Gasteiger partial charge in [-0.1, -0.05) is 26.0 Å². The summed E-state index contributed by atoms with van der Waals surface area (Å²) in [6, 6.07) is 10.8. The third-order valence-corrected chi connectivity index (χ3v) is 6.08. The molecule has 8 heteroatoms. The molecule has 2 heterocycles. The second-order valence-electron chi connectivity index (χ2n) is 8.71. The van der Waals surface area contributed by atoms with Crippen LogP contribution in [0.2, 0.25) is 0 Å². The topological polar surface area (TPSA) is 86.3 Å². The lowest BCUT2D eigenvalue weighted by molar-refractivity contribution is -0.125. The maximum Gasteiger partial charge on any atom is 0.254 e. The molecular formula is C25H30N2O6. The lowest BCUT2D eigenvalue weighted by Gasteiger charge is -2.22. The summed E-state index contributed by atoms with van der Waals surface area (Å²) in [6.07, 6.45) is 0. The maximum atomic E-state index is 13.4. The van der Waals surface area contributed by atoms with Crippen LogP contribution in [0.3, 0.4) is 0 Å². The summed E-state index contributed by atoms with van der Waals surface area (Å²) in [4.78, 5) is 28.3. The molecule has 0 radical (unpaired) electrons. The number of likely N-dealkylation sites (tertiary alicyclic amines) is 1. The predicted octanol–water partition coefficient (Wildman–Crippen LogP) is 3.06. The monoisotopic (exact) mass is 454 g/mol. The Labute approximate surface area is 193 Å². The van der Waals surface area contributed by atoms with Crippen molar-refractivity contribution in [3.05, 3.63) is 47.5 Å². The standard InChI is InChI=1S/C25H30N2O6/c1-15(2)11-26-24(28)19-13-27(25(29)16-8-9-20-22(10-16)33-14-32-20)12-18(19)17-6-5-7-21(30-3)23(17)31-4/h5-10,15,18-19H,11-14H2,1-4H3,(H,26,28)/t18-,19-/m1/s1. The number of hydrogen-bond acceptors (Lipinski definition) is 6. The highest BCUT2D eigenvalue weighted by Gasteiger charge is 2.42. The summed E-state index contributed by atoms with van der Waals surface area (Å²) in [5, 5.41) is 3.04. The molecule has 0 bridgehead atoms. The Hall–Kier alpha value is -3.42. The molecule has 0 unspecified atom stereocenters. The molecule has 1 N–H and O–H groups in total. The van der Waals surface area contributed by atoms with Gasteiger partial charge in [-0.25, -0.2) is 0 Å². The van der Waals surface area contributed by atoms with Crippen molar-refractivity contribution in [1.29, 1.82) is 0 Å². The van der Waals surface area contributed by atoms with Crippen LogP contribution in [0.25, 0.3) is 0 Å². The van der Waals surface area contributed by atoms with Crippen molar-refractivity contribution in [2.24, 2.45) is 11.8 Å². The first-order valence-electron chi connectivity index (χ1n) is 11.1. The number of benzene rings is 2. The molecule has 0 saturated carbocycles. The predicted molar refractivity (Wildman–Crippen MR) is 122 cm³/mol. The molecule has 1 saturated heterocycles. The van der Waals surface area contributed by atoms with Crippen molar-refractivity contribution >= 4 is 11.8 Å². The molecule has 0 aromatic heterocycles. The van der Waals surface area contributed by atoms with E-state index in [-0.39, 0.29) is 24.5 Å². The van der Waals surface area contributed by atoms with E-state index in [0.29, 0.717) is 54.1 Å². The highest BCUT2D eigenvalue weighted by Crippen LogP contribution is 2.42. The quantitative estimate of drug-likeness (QED) is 0.692. The number of fused-ring (bicyclic) bond motifs is 1. The van der Waals surface area contributed by atoms with Gasteiger partial charge in [0.05, 0.1) is 20.1 Å². The molecule has 0 spiro atoms. The molecule has 2 aromatic carbocycles. The minimum atomic E-state index is -0.414. The third kappa shape index (κ3) is 4.55. The van der Waals surface area contributed by atoms with Crippen LogP contribution in [0.1, 0.15) is 35.7 Å². The Morgan fingerprint density at radius 2 is 1.88 bits per heavy atom. The summed E-state index contributed by atoms with van der Waals surface area (Å²) in [7, 11) is 3.16. The summed E-state index contributed by atoms with van der Waals surface area (Å²) in [5.74, 6) is 1.81. The van der Waals surface area contributed by atoms with Crippen molar-refractivity contribution < 1.29 is 28.5 Å². The Balaban J connectivity index is 1.64. The number of nitrogens with zero attached hydrogens (tertiary/aromatic N) is 1.